The first-order chi connectivity index (χ1) is 12.5. The molecule has 1 aromatic heterocycles. The van der Waals surface area contributed by atoms with E-state index in [1.165, 1.54) is 0 Å². The number of hydrogen-bond acceptors (Lipinski definition) is 5. The molecule has 2 amide bonds. The van der Waals surface area contributed by atoms with Crippen molar-refractivity contribution in [3.8, 4) is 0 Å². The number of carbonyl (C=O) groups is 2. The van der Waals surface area contributed by atoms with Crippen LogP contribution in [0.5, 0.6) is 0 Å². The Hall–Kier alpha value is -3.42. The molecule has 26 heavy (non-hydrogen) atoms. The summed E-state index contributed by atoms with van der Waals surface area (Å²) in [6, 6.07) is 12.2. The van der Waals surface area contributed by atoms with Crippen molar-refractivity contribution in [1.82, 2.24) is 25.8 Å². The van der Waals surface area contributed by atoms with Gasteiger partial charge in [0.25, 0.3) is 11.8 Å². The Bertz CT molecular complexity index is 963. The Labute approximate surface area is 150 Å². The molecule has 0 spiro atoms. The van der Waals surface area contributed by atoms with Crippen LogP contribution < -0.4 is 15.8 Å². The normalized spacial score (nSPS) is 10.6. The van der Waals surface area contributed by atoms with Crippen LogP contribution in [0.25, 0.3) is 11.0 Å². The van der Waals surface area contributed by atoms with Crippen LogP contribution in [0.1, 0.15) is 27.6 Å². The van der Waals surface area contributed by atoms with Crippen LogP contribution in [0.15, 0.2) is 42.5 Å². The third kappa shape index (κ3) is 3.49. The second-order valence-electron chi connectivity index (χ2n) is 5.96. The molecule has 0 bridgehead atoms. The Morgan fingerprint density at radius 3 is 2.38 bits per heavy atom. The first-order valence-corrected chi connectivity index (χ1v) is 8.21. The summed E-state index contributed by atoms with van der Waals surface area (Å²) in [5, 5.41) is 8.05. The maximum Gasteiger partial charge on any atom is 0.269 e. The topological polar surface area (TPSA) is 92.1 Å². The largest absolute Gasteiger partial charge is 0.378 e. The van der Waals surface area contributed by atoms with E-state index in [2.05, 4.69) is 21.2 Å². The van der Waals surface area contributed by atoms with E-state index < -0.39 is 5.91 Å². The molecule has 8 heteroatoms. The van der Waals surface area contributed by atoms with E-state index in [4.69, 9.17) is 0 Å². The van der Waals surface area contributed by atoms with E-state index >= 15 is 0 Å². The zero-order valence-corrected chi connectivity index (χ0v) is 14.9. The van der Waals surface area contributed by atoms with Gasteiger partial charge in [-0.3, -0.25) is 20.4 Å². The average molecular weight is 352 g/mol. The van der Waals surface area contributed by atoms with Crippen molar-refractivity contribution < 1.29 is 9.59 Å². The van der Waals surface area contributed by atoms with Crippen LogP contribution in [0.3, 0.4) is 0 Å². The summed E-state index contributed by atoms with van der Waals surface area (Å²) in [6.07, 6.45) is 0. The maximum absolute atomic E-state index is 12.3. The Kier molecular flexibility index (Phi) is 4.83. The number of carbonyl (C=O) groups excluding carboxylic acids is 2. The van der Waals surface area contributed by atoms with Crippen molar-refractivity contribution >= 4 is 28.5 Å². The van der Waals surface area contributed by atoms with Gasteiger partial charge in [-0.1, -0.05) is 11.3 Å². The highest BCUT2D eigenvalue weighted by Crippen LogP contribution is 2.14. The summed E-state index contributed by atoms with van der Waals surface area (Å²) in [4.78, 5) is 26.4. The lowest BCUT2D eigenvalue weighted by molar-refractivity contribution is 0.0847. The second-order valence-corrected chi connectivity index (χ2v) is 5.96. The summed E-state index contributed by atoms with van der Waals surface area (Å²) in [5.41, 5.74) is 8.08. The molecule has 0 saturated heterocycles. The lowest BCUT2D eigenvalue weighted by Gasteiger charge is -2.13. The molecule has 3 aromatic rings. The van der Waals surface area contributed by atoms with Crippen molar-refractivity contribution in [2.24, 2.45) is 0 Å². The third-order valence-electron chi connectivity index (χ3n) is 3.99. The second kappa shape index (κ2) is 7.22. The molecule has 134 valence electrons. The molecule has 0 aliphatic heterocycles. The lowest BCUT2D eigenvalue weighted by atomic mass is 10.2. The van der Waals surface area contributed by atoms with E-state index in [0.717, 1.165) is 11.2 Å². The summed E-state index contributed by atoms with van der Waals surface area (Å²) < 4.78 is 1.75. The standard InChI is InChI=1S/C18H20N6O2/c1-4-24-16-9-8-13(11-15(16)19-22-24)18(26)21-20-17(25)12-6-5-7-14(10-12)23(2)3/h5-11H,4H2,1-3H3,(H,20,25)(H,21,26). The van der Waals surface area contributed by atoms with Crippen LogP contribution in [0, 0.1) is 0 Å². The number of nitrogens with zero attached hydrogens (tertiary/aromatic N) is 4. The molecule has 0 atom stereocenters. The average Bonchev–Trinajstić information content (AvgIpc) is 3.08. The minimum absolute atomic E-state index is 0.389. The highest BCUT2D eigenvalue weighted by molar-refractivity contribution is 6.00. The highest BCUT2D eigenvalue weighted by Gasteiger charge is 2.12. The van der Waals surface area contributed by atoms with Crippen molar-refractivity contribution in [3.63, 3.8) is 0 Å². The van der Waals surface area contributed by atoms with E-state index in [-0.39, 0.29) is 5.91 Å². The third-order valence-corrected chi connectivity index (χ3v) is 3.99. The number of rotatable bonds is 4. The highest BCUT2D eigenvalue weighted by atomic mass is 16.2. The van der Waals surface area contributed by atoms with E-state index in [0.29, 0.717) is 23.2 Å². The van der Waals surface area contributed by atoms with Crippen molar-refractivity contribution in [3.05, 3.63) is 53.6 Å². The van der Waals surface area contributed by atoms with Gasteiger partial charge in [0, 0.05) is 37.5 Å². The van der Waals surface area contributed by atoms with Crippen LogP contribution in [0.2, 0.25) is 0 Å². The maximum atomic E-state index is 12.3. The van der Waals surface area contributed by atoms with Crippen molar-refractivity contribution in [2.45, 2.75) is 13.5 Å². The molecule has 2 N–H and O–H groups in total. The molecule has 0 fully saturated rings. The molecule has 0 radical (unpaired) electrons. The van der Waals surface area contributed by atoms with Crippen LogP contribution >= 0.6 is 0 Å². The number of aromatic nitrogens is 3. The number of anilines is 1. The van der Waals surface area contributed by atoms with Gasteiger partial charge in [0.15, 0.2) is 0 Å². The number of fused-ring (bicyclic) bond motifs is 1. The number of amides is 2. The monoisotopic (exact) mass is 352 g/mol. The number of nitrogens with one attached hydrogen (secondary N) is 2. The van der Waals surface area contributed by atoms with Crippen molar-refractivity contribution in [1.29, 1.82) is 0 Å². The van der Waals surface area contributed by atoms with Gasteiger partial charge in [-0.15, -0.1) is 5.10 Å². The Morgan fingerprint density at radius 2 is 1.73 bits per heavy atom. The zero-order chi connectivity index (χ0) is 18.7. The summed E-state index contributed by atoms with van der Waals surface area (Å²) in [7, 11) is 3.79. The predicted molar refractivity (Wildman–Crippen MR) is 98.9 cm³/mol. The Balaban J connectivity index is 1.68. The van der Waals surface area contributed by atoms with Crippen LogP contribution in [-0.4, -0.2) is 40.9 Å². The molecule has 0 aliphatic rings. The molecular formula is C18H20N6O2. The number of aryl methyl sites for hydroxylation is 1. The van der Waals surface area contributed by atoms with Crippen LogP contribution in [0.4, 0.5) is 5.69 Å². The van der Waals surface area contributed by atoms with Gasteiger partial charge >= 0.3 is 0 Å². The van der Waals surface area contributed by atoms with Gasteiger partial charge in [-0.05, 0) is 43.3 Å². The summed E-state index contributed by atoms with van der Waals surface area (Å²) in [6.45, 7) is 2.67. The first-order valence-electron chi connectivity index (χ1n) is 8.21. The van der Waals surface area contributed by atoms with E-state index in [1.54, 1.807) is 41.1 Å². The van der Waals surface area contributed by atoms with Gasteiger partial charge in [-0.25, -0.2) is 4.68 Å². The molecule has 0 unspecified atom stereocenters. The van der Waals surface area contributed by atoms with E-state index in [1.807, 2.05) is 32.0 Å². The lowest BCUT2D eigenvalue weighted by Crippen LogP contribution is -2.41. The summed E-state index contributed by atoms with van der Waals surface area (Å²) in [5.74, 6) is -0.810. The van der Waals surface area contributed by atoms with Crippen molar-refractivity contribution in [2.75, 3.05) is 19.0 Å². The van der Waals surface area contributed by atoms with Gasteiger partial charge < -0.3 is 4.90 Å². The molecule has 0 saturated carbocycles. The fourth-order valence-electron chi connectivity index (χ4n) is 2.53. The van der Waals surface area contributed by atoms with Crippen LogP contribution in [-0.2, 0) is 6.54 Å². The Morgan fingerprint density at radius 1 is 1.04 bits per heavy atom. The predicted octanol–water partition coefficient (Wildman–Crippen LogP) is 1.59. The fourth-order valence-corrected chi connectivity index (χ4v) is 2.53. The summed E-state index contributed by atoms with van der Waals surface area (Å²) >= 11 is 0. The molecule has 8 nitrogen and oxygen atoms in total. The minimum atomic E-state index is -0.421. The molecule has 3 rings (SSSR count). The number of hydrazine groups is 1. The smallest absolute Gasteiger partial charge is 0.269 e. The molecule has 0 aliphatic carbocycles. The number of benzene rings is 2. The zero-order valence-electron chi connectivity index (χ0n) is 14.9. The van der Waals surface area contributed by atoms with E-state index in [9.17, 15) is 9.59 Å². The molecule has 2 aromatic carbocycles. The number of hydrogen-bond donors (Lipinski definition) is 2. The first kappa shape index (κ1) is 17.4. The van der Waals surface area contributed by atoms with Gasteiger partial charge in [0.05, 0.1) is 5.52 Å². The molecular weight excluding hydrogens is 332 g/mol. The minimum Gasteiger partial charge on any atom is -0.378 e. The van der Waals surface area contributed by atoms with Gasteiger partial charge in [-0.2, -0.15) is 0 Å². The molecule has 1 heterocycles. The quantitative estimate of drug-likeness (QED) is 0.696. The van der Waals surface area contributed by atoms with Gasteiger partial charge in [0.1, 0.15) is 5.52 Å². The van der Waals surface area contributed by atoms with Gasteiger partial charge in [0.2, 0.25) is 0 Å². The fraction of sp³-hybridized carbons (Fsp3) is 0.222. The SMILES string of the molecule is CCn1nnc2cc(C(=O)NNC(=O)c3cccc(N(C)C)c3)ccc21.